The van der Waals surface area contributed by atoms with Crippen LogP contribution in [0.4, 0.5) is 0 Å². The second kappa shape index (κ2) is 10.1. The van der Waals surface area contributed by atoms with Gasteiger partial charge in [-0.1, -0.05) is 47.6 Å². The molecule has 0 bridgehead atoms. The monoisotopic (exact) mass is 402 g/mol. The summed E-state index contributed by atoms with van der Waals surface area (Å²) in [5, 5.41) is 0.946. The smallest absolute Gasteiger partial charge is 0.340 e. The van der Waals surface area contributed by atoms with Gasteiger partial charge in [-0.15, -0.1) is 0 Å². The van der Waals surface area contributed by atoms with Crippen molar-refractivity contribution in [3.63, 3.8) is 0 Å². The summed E-state index contributed by atoms with van der Waals surface area (Å²) in [7, 11) is 0. The molecule has 0 aliphatic rings. The van der Waals surface area contributed by atoms with E-state index in [9.17, 15) is 4.79 Å². The third kappa shape index (κ3) is 5.73. The minimum Gasteiger partial charge on any atom is -0.489 e. The van der Waals surface area contributed by atoms with E-state index in [0.717, 1.165) is 29.4 Å². The van der Waals surface area contributed by atoms with Gasteiger partial charge in [0.1, 0.15) is 17.9 Å². The van der Waals surface area contributed by atoms with Crippen LogP contribution in [0.5, 0.6) is 5.75 Å². The van der Waals surface area contributed by atoms with Crippen molar-refractivity contribution in [1.82, 2.24) is 0 Å². The van der Waals surface area contributed by atoms with Gasteiger partial charge >= 0.3 is 5.63 Å². The molecule has 0 aliphatic carbocycles. The Hall–Kier alpha value is -3.07. The van der Waals surface area contributed by atoms with Crippen LogP contribution >= 0.6 is 0 Å². The van der Waals surface area contributed by atoms with Gasteiger partial charge in [0.05, 0.1) is 0 Å². The number of allylic oxidation sites excluding steroid dienone is 3. The van der Waals surface area contributed by atoms with Gasteiger partial charge in [0, 0.05) is 23.4 Å². The van der Waals surface area contributed by atoms with Gasteiger partial charge in [-0.05, 0) is 69.9 Å². The molecule has 1 heterocycles. The Morgan fingerprint density at radius 3 is 2.53 bits per heavy atom. The lowest BCUT2D eigenvalue weighted by Gasteiger charge is -2.10. The number of fused-ring (bicyclic) bond motifs is 1. The van der Waals surface area contributed by atoms with E-state index in [4.69, 9.17) is 9.15 Å². The van der Waals surface area contributed by atoms with E-state index >= 15 is 0 Å². The quantitative estimate of drug-likeness (QED) is 0.308. The zero-order valence-electron chi connectivity index (χ0n) is 18.3. The van der Waals surface area contributed by atoms with Crippen molar-refractivity contribution in [1.29, 1.82) is 0 Å². The highest BCUT2D eigenvalue weighted by atomic mass is 16.5. The van der Waals surface area contributed by atoms with Crippen LogP contribution in [0.1, 0.15) is 50.3 Å². The molecule has 156 valence electrons. The van der Waals surface area contributed by atoms with Gasteiger partial charge in [0.25, 0.3) is 0 Å². The first-order valence-corrected chi connectivity index (χ1v) is 10.5. The minimum atomic E-state index is -0.281. The summed E-state index contributed by atoms with van der Waals surface area (Å²) in [4.78, 5) is 12.6. The van der Waals surface area contributed by atoms with E-state index < -0.39 is 0 Å². The lowest BCUT2D eigenvalue weighted by molar-refractivity contribution is 0.361. The molecule has 30 heavy (non-hydrogen) atoms. The Bertz CT molecular complexity index is 1110. The maximum Gasteiger partial charge on any atom is 0.340 e. The molecule has 0 aliphatic heterocycles. The summed E-state index contributed by atoms with van der Waals surface area (Å²) < 4.78 is 11.5. The number of hydrogen-bond acceptors (Lipinski definition) is 3. The van der Waals surface area contributed by atoms with Crippen molar-refractivity contribution in [2.24, 2.45) is 0 Å². The molecule has 3 heteroatoms. The van der Waals surface area contributed by atoms with Crippen LogP contribution in [0, 0.1) is 6.92 Å². The topological polar surface area (TPSA) is 39.4 Å². The molecule has 0 atom stereocenters. The predicted octanol–water partition coefficient (Wildman–Crippen LogP) is 6.76. The summed E-state index contributed by atoms with van der Waals surface area (Å²) in [5.41, 5.74) is 5.70. The lowest BCUT2D eigenvalue weighted by atomic mass is 10.00. The largest absolute Gasteiger partial charge is 0.489 e. The molecule has 0 saturated carbocycles. The third-order valence-electron chi connectivity index (χ3n) is 5.26. The molecule has 3 aromatic rings. The summed E-state index contributed by atoms with van der Waals surface area (Å²) in [5.74, 6) is 0.703. The maximum atomic E-state index is 12.6. The zero-order valence-corrected chi connectivity index (χ0v) is 18.3. The molecule has 0 spiro atoms. The van der Waals surface area contributed by atoms with Gasteiger partial charge < -0.3 is 9.15 Å². The molecule has 0 radical (unpaired) electrons. The molecule has 1 aromatic heterocycles. The van der Waals surface area contributed by atoms with Crippen LogP contribution in [-0.2, 0) is 6.42 Å². The number of rotatable bonds is 8. The summed E-state index contributed by atoms with van der Waals surface area (Å²) in [6, 6.07) is 15.7. The van der Waals surface area contributed by atoms with Crippen LogP contribution < -0.4 is 10.4 Å². The number of hydrogen-bond donors (Lipinski definition) is 0. The van der Waals surface area contributed by atoms with Crippen molar-refractivity contribution in [2.75, 3.05) is 6.61 Å². The first kappa shape index (κ1) is 21.6. The van der Waals surface area contributed by atoms with Crippen molar-refractivity contribution in [3.8, 4) is 5.75 Å². The van der Waals surface area contributed by atoms with E-state index in [1.807, 2.05) is 55.5 Å². The van der Waals surface area contributed by atoms with E-state index in [1.165, 1.54) is 11.1 Å². The fourth-order valence-electron chi connectivity index (χ4n) is 3.44. The Morgan fingerprint density at radius 2 is 1.80 bits per heavy atom. The Labute approximate surface area is 178 Å². The van der Waals surface area contributed by atoms with Crippen molar-refractivity contribution < 1.29 is 9.15 Å². The van der Waals surface area contributed by atoms with Crippen LogP contribution in [0.3, 0.4) is 0 Å². The van der Waals surface area contributed by atoms with Crippen molar-refractivity contribution in [3.05, 3.63) is 98.9 Å². The molecule has 2 aromatic carbocycles. The minimum absolute atomic E-state index is 0.281. The Morgan fingerprint density at radius 1 is 1.03 bits per heavy atom. The second-order valence-electron chi connectivity index (χ2n) is 8.00. The van der Waals surface area contributed by atoms with Gasteiger partial charge in [0.15, 0.2) is 0 Å². The number of ether oxygens (including phenoxy) is 1. The molecule has 3 nitrogen and oxygen atoms in total. The molecule has 0 saturated heterocycles. The molecular formula is C27H30O3. The van der Waals surface area contributed by atoms with E-state index in [0.29, 0.717) is 29.9 Å². The van der Waals surface area contributed by atoms with Crippen LogP contribution in [-0.4, -0.2) is 6.61 Å². The van der Waals surface area contributed by atoms with Crippen LogP contribution in [0.25, 0.3) is 11.0 Å². The first-order valence-electron chi connectivity index (χ1n) is 10.5. The number of aryl methyl sites for hydroxylation is 1. The van der Waals surface area contributed by atoms with Crippen LogP contribution in [0.2, 0.25) is 0 Å². The van der Waals surface area contributed by atoms with Gasteiger partial charge in [0.2, 0.25) is 0 Å². The highest BCUT2D eigenvalue weighted by Gasteiger charge is 2.12. The van der Waals surface area contributed by atoms with E-state index in [-0.39, 0.29) is 5.63 Å². The molecule has 0 amide bonds. The summed E-state index contributed by atoms with van der Waals surface area (Å²) >= 11 is 0. The average Bonchev–Trinajstić information content (AvgIpc) is 2.71. The predicted molar refractivity (Wildman–Crippen MR) is 124 cm³/mol. The first-order chi connectivity index (χ1) is 14.4. The van der Waals surface area contributed by atoms with Crippen molar-refractivity contribution in [2.45, 2.75) is 47.0 Å². The lowest BCUT2D eigenvalue weighted by Crippen LogP contribution is -2.11. The highest BCUT2D eigenvalue weighted by Crippen LogP contribution is 2.25. The summed E-state index contributed by atoms with van der Waals surface area (Å²) in [6.45, 7) is 8.84. The standard InChI is InChI=1S/C27H30O3/c1-19(2)9-8-10-20(3)15-16-29-23-13-14-24-21(4)25(27(28)30-26(24)18-23)17-22-11-6-5-7-12-22/h5-7,9,11-15,18H,8,10,16-17H2,1-4H3/b20-15-. The van der Waals surface area contributed by atoms with E-state index in [2.05, 4.69) is 32.9 Å². The molecule has 3 rings (SSSR count). The summed E-state index contributed by atoms with van der Waals surface area (Å²) in [6.07, 6.45) is 7.01. The number of benzene rings is 2. The second-order valence-corrected chi connectivity index (χ2v) is 8.00. The van der Waals surface area contributed by atoms with Crippen molar-refractivity contribution >= 4 is 11.0 Å². The fourth-order valence-corrected chi connectivity index (χ4v) is 3.44. The van der Waals surface area contributed by atoms with Gasteiger partial charge in [-0.2, -0.15) is 0 Å². The van der Waals surface area contributed by atoms with E-state index in [1.54, 1.807) is 0 Å². The third-order valence-corrected chi connectivity index (χ3v) is 5.26. The Kier molecular flexibility index (Phi) is 7.29. The average molecular weight is 403 g/mol. The molecule has 0 fully saturated rings. The molecule has 0 unspecified atom stereocenters. The fraction of sp³-hybridized carbons (Fsp3) is 0.296. The SMILES string of the molecule is CC(C)=CCC/C(C)=C\COc1ccc2c(C)c(Cc3ccccc3)c(=O)oc2c1. The normalized spacial score (nSPS) is 11.5. The zero-order chi connectivity index (χ0) is 21.5. The van der Waals surface area contributed by atoms with Gasteiger partial charge in [-0.25, -0.2) is 4.79 Å². The Balaban J connectivity index is 1.73. The molecule has 0 N–H and O–H groups in total. The molecular weight excluding hydrogens is 372 g/mol. The van der Waals surface area contributed by atoms with Crippen LogP contribution in [0.15, 0.2) is 81.0 Å². The maximum absolute atomic E-state index is 12.6. The van der Waals surface area contributed by atoms with Gasteiger partial charge in [-0.3, -0.25) is 0 Å². The highest BCUT2D eigenvalue weighted by molar-refractivity contribution is 5.82.